The molecule has 0 saturated carbocycles. The maximum Gasteiger partial charge on any atom is 0.334 e. The molecule has 0 aliphatic heterocycles. The molecule has 5 nitrogen and oxygen atoms in total. The van der Waals surface area contributed by atoms with Crippen LogP contribution in [0, 0.1) is 0 Å². The molecule has 0 aromatic rings. The first-order valence-electron chi connectivity index (χ1n) is 7.08. The molecule has 0 saturated heterocycles. The molecule has 0 heterocycles. The van der Waals surface area contributed by atoms with Crippen molar-refractivity contribution in [3.8, 4) is 0 Å². The van der Waals surface area contributed by atoms with Crippen LogP contribution < -0.4 is 0 Å². The molecule has 0 unspecified atom stereocenters. The SMILES string of the molecule is C=C(CN(CC(=C)C(=O)OCC)C(C)(C)C)C(=O)OCC. The van der Waals surface area contributed by atoms with E-state index < -0.39 is 11.9 Å². The number of hydrogen-bond acceptors (Lipinski definition) is 5. The monoisotopic (exact) mass is 297 g/mol. The van der Waals surface area contributed by atoms with Gasteiger partial charge in [0.15, 0.2) is 0 Å². The summed E-state index contributed by atoms with van der Waals surface area (Å²) in [6.07, 6.45) is 0. The van der Waals surface area contributed by atoms with Gasteiger partial charge in [0.1, 0.15) is 0 Å². The minimum absolute atomic E-state index is 0.259. The van der Waals surface area contributed by atoms with Crippen LogP contribution in [0.1, 0.15) is 34.6 Å². The van der Waals surface area contributed by atoms with Crippen molar-refractivity contribution < 1.29 is 19.1 Å². The Bertz CT molecular complexity index is 375. The Hall–Kier alpha value is -1.62. The first-order chi connectivity index (χ1) is 9.63. The zero-order valence-electron chi connectivity index (χ0n) is 13.8. The van der Waals surface area contributed by atoms with Gasteiger partial charge in [-0.1, -0.05) is 13.2 Å². The predicted octanol–water partition coefficient (Wildman–Crippen LogP) is 2.33. The molecule has 120 valence electrons. The fourth-order valence-electron chi connectivity index (χ4n) is 1.59. The summed E-state index contributed by atoms with van der Waals surface area (Å²) in [4.78, 5) is 25.3. The van der Waals surface area contributed by atoms with E-state index in [0.717, 1.165) is 0 Å². The number of rotatable bonds is 8. The van der Waals surface area contributed by atoms with Crippen LogP contribution >= 0.6 is 0 Å². The largest absolute Gasteiger partial charge is 0.463 e. The molecule has 0 atom stereocenters. The summed E-state index contributed by atoms with van der Waals surface area (Å²) < 4.78 is 9.86. The van der Waals surface area contributed by atoms with E-state index in [1.54, 1.807) is 13.8 Å². The lowest BCUT2D eigenvalue weighted by Gasteiger charge is -2.36. The summed E-state index contributed by atoms with van der Waals surface area (Å²) in [5, 5.41) is 0. The van der Waals surface area contributed by atoms with Crippen molar-refractivity contribution >= 4 is 11.9 Å². The predicted molar refractivity (Wildman–Crippen MR) is 82.9 cm³/mol. The van der Waals surface area contributed by atoms with Crippen molar-refractivity contribution in [1.82, 2.24) is 4.90 Å². The average Bonchev–Trinajstić information content (AvgIpc) is 2.37. The van der Waals surface area contributed by atoms with Crippen LogP contribution in [0.25, 0.3) is 0 Å². The van der Waals surface area contributed by atoms with Crippen LogP contribution in [-0.4, -0.2) is 48.7 Å². The molecule has 0 aliphatic rings. The van der Waals surface area contributed by atoms with Gasteiger partial charge >= 0.3 is 11.9 Å². The molecule has 0 fully saturated rings. The molecular formula is C16H27NO4. The third kappa shape index (κ3) is 7.09. The number of carbonyl (C=O) groups is 2. The van der Waals surface area contributed by atoms with E-state index >= 15 is 0 Å². The molecule has 0 radical (unpaired) electrons. The van der Waals surface area contributed by atoms with Crippen molar-refractivity contribution in [3.05, 3.63) is 24.3 Å². The fraction of sp³-hybridized carbons (Fsp3) is 0.625. The van der Waals surface area contributed by atoms with Gasteiger partial charge in [-0.05, 0) is 34.6 Å². The van der Waals surface area contributed by atoms with E-state index in [-0.39, 0.29) is 5.54 Å². The summed E-state index contributed by atoms with van der Waals surface area (Å²) in [6, 6.07) is 0. The van der Waals surface area contributed by atoms with Gasteiger partial charge in [-0.25, -0.2) is 9.59 Å². The standard InChI is InChI=1S/C16H27NO4/c1-8-20-14(18)12(3)10-17(16(5,6)7)11-13(4)15(19)21-9-2/h3-4,8-11H2,1-2,5-7H3. The molecule has 0 aliphatic carbocycles. The van der Waals surface area contributed by atoms with Crippen LogP contribution in [0.5, 0.6) is 0 Å². The minimum Gasteiger partial charge on any atom is -0.463 e. The lowest BCUT2D eigenvalue weighted by molar-refractivity contribution is -0.139. The van der Waals surface area contributed by atoms with Gasteiger partial charge in [0, 0.05) is 29.8 Å². The van der Waals surface area contributed by atoms with Gasteiger partial charge < -0.3 is 9.47 Å². The summed E-state index contributed by atoms with van der Waals surface area (Å²) in [5.74, 6) is -0.845. The zero-order chi connectivity index (χ0) is 16.6. The highest BCUT2D eigenvalue weighted by Crippen LogP contribution is 2.17. The maximum atomic E-state index is 11.7. The Morgan fingerprint density at radius 1 is 0.905 bits per heavy atom. The Morgan fingerprint density at radius 2 is 1.24 bits per heavy atom. The lowest BCUT2D eigenvalue weighted by atomic mass is 10.0. The summed E-state index contributed by atoms with van der Waals surface area (Å²) in [6.45, 7) is 18.2. The van der Waals surface area contributed by atoms with Crippen molar-refractivity contribution in [1.29, 1.82) is 0 Å². The highest BCUT2D eigenvalue weighted by molar-refractivity contribution is 5.89. The van der Waals surface area contributed by atoms with E-state index in [1.807, 2.05) is 25.7 Å². The Balaban J connectivity index is 4.84. The normalized spacial score (nSPS) is 11.1. The first kappa shape index (κ1) is 19.4. The molecular weight excluding hydrogens is 270 g/mol. The van der Waals surface area contributed by atoms with Gasteiger partial charge in [0.05, 0.1) is 13.2 Å². The summed E-state index contributed by atoms with van der Waals surface area (Å²) >= 11 is 0. The second kappa shape index (κ2) is 8.62. The molecule has 0 N–H and O–H groups in total. The van der Waals surface area contributed by atoms with Crippen LogP contribution in [0.4, 0.5) is 0 Å². The highest BCUT2D eigenvalue weighted by Gasteiger charge is 2.26. The Kier molecular flexibility index (Phi) is 7.95. The summed E-state index contributed by atoms with van der Waals surface area (Å²) in [7, 11) is 0. The molecule has 0 spiro atoms. The summed E-state index contributed by atoms with van der Waals surface area (Å²) in [5.41, 5.74) is 0.442. The molecule has 0 bridgehead atoms. The van der Waals surface area contributed by atoms with E-state index in [2.05, 4.69) is 13.2 Å². The van der Waals surface area contributed by atoms with Crippen LogP contribution in [0.2, 0.25) is 0 Å². The molecule has 21 heavy (non-hydrogen) atoms. The van der Waals surface area contributed by atoms with Gasteiger partial charge in [-0.15, -0.1) is 0 Å². The third-order valence-electron chi connectivity index (χ3n) is 2.84. The van der Waals surface area contributed by atoms with Gasteiger partial charge in [-0.2, -0.15) is 0 Å². The number of ether oxygens (including phenoxy) is 2. The van der Waals surface area contributed by atoms with Crippen LogP contribution in [0.15, 0.2) is 24.3 Å². The van der Waals surface area contributed by atoms with Gasteiger partial charge in [-0.3, -0.25) is 4.90 Å². The Labute approximate surface area is 127 Å². The topological polar surface area (TPSA) is 55.8 Å². The van der Waals surface area contributed by atoms with E-state index in [0.29, 0.717) is 37.4 Å². The molecule has 0 amide bonds. The number of esters is 2. The van der Waals surface area contributed by atoms with Crippen LogP contribution in [-0.2, 0) is 19.1 Å². The number of hydrogen-bond donors (Lipinski definition) is 0. The van der Waals surface area contributed by atoms with E-state index in [4.69, 9.17) is 9.47 Å². The molecule has 5 heteroatoms. The molecule has 0 aromatic carbocycles. The van der Waals surface area contributed by atoms with Crippen molar-refractivity contribution in [2.45, 2.75) is 40.2 Å². The zero-order valence-corrected chi connectivity index (χ0v) is 13.8. The third-order valence-corrected chi connectivity index (χ3v) is 2.84. The smallest absolute Gasteiger partial charge is 0.334 e. The van der Waals surface area contributed by atoms with Gasteiger partial charge in [0.25, 0.3) is 0 Å². The number of carbonyl (C=O) groups excluding carboxylic acids is 2. The maximum absolute atomic E-state index is 11.7. The minimum atomic E-state index is -0.423. The van der Waals surface area contributed by atoms with E-state index in [1.165, 1.54) is 0 Å². The fourth-order valence-corrected chi connectivity index (χ4v) is 1.59. The second-order valence-corrected chi connectivity index (χ2v) is 5.67. The average molecular weight is 297 g/mol. The van der Waals surface area contributed by atoms with Gasteiger partial charge in [0.2, 0.25) is 0 Å². The van der Waals surface area contributed by atoms with Crippen molar-refractivity contribution in [3.63, 3.8) is 0 Å². The first-order valence-corrected chi connectivity index (χ1v) is 7.08. The number of nitrogens with zero attached hydrogens (tertiary/aromatic N) is 1. The lowest BCUT2D eigenvalue weighted by Crippen LogP contribution is -2.45. The second-order valence-electron chi connectivity index (χ2n) is 5.67. The van der Waals surface area contributed by atoms with Crippen molar-refractivity contribution in [2.24, 2.45) is 0 Å². The quantitative estimate of drug-likeness (QED) is 0.508. The Morgan fingerprint density at radius 3 is 1.48 bits per heavy atom. The molecule has 0 rings (SSSR count). The van der Waals surface area contributed by atoms with E-state index in [9.17, 15) is 9.59 Å². The highest BCUT2D eigenvalue weighted by atomic mass is 16.5. The van der Waals surface area contributed by atoms with Crippen molar-refractivity contribution in [2.75, 3.05) is 26.3 Å². The van der Waals surface area contributed by atoms with Crippen LogP contribution in [0.3, 0.4) is 0 Å². The molecule has 0 aromatic heterocycles.